The lowest BCUT2D eigenvalue weighted by Crippen LogP contribution is -2.12. The molecule has 0 radical (unpaired) electrons. The minimum absolute atomic E-state index is 0.0512. The number of nitrogens with zero attached hydrogens (tertiary/aromatic N) is 2. The lowest BCUT2D eigenvalue weighted by atomic mass is 9.82. The van der Waals surface area contributed by atoms with Gasteiger partial charge in [0.05, 0.1) is 5.69 Å². The molecule has 0 unspecified atom stereocenters. The first-order chi connectivity index (χ1) is 14.5. The molecule has 148 valence electrons. The Balaban J connectivity index is 1.73. The van der Waals surface area contributed by atoms with E-state index in [4.69, 9.17) is 4.98 Å². The number of aryl methyl sites for hydroxylation is 1. The Labute approximate surface area is 184 Å². The molecule has 3 aromatic carbocycles. The standard InChI is InChI=1S/C26H22N2S2/c1-26(2,3)19-13-17(12-16-6-4-5-7-18(16)19)23-22-21-20(30-25(22)28-14-27-23)9-8-15-10-11-29-24(15)21/h4-9,12-14H,10-11H2,1-3H3. The van der Waals surface area contributed by atoms with E-state index in [1.807, 2.05) is 11.8 Å². The Kier molecular flexibility index (Phi) is 4.00. The van der Waals surface area contributed by atoms with E-state index in [2.05, 4.69) is 74.3 Å². The first kappa shape index (κ1) is 18.3. The first-order valence-corrected chi connectivity index (χ1v) is 12.2. The number of thiophene rings is 1. The number of hydrogen-bond acceptors (Lipinski definition) is 4. The van der Waals surface area contributed by atoms with Gasteiger partial charge in [0.1, 0.15) is 11.2 Å². The van der Waals surface area contributed by atoms with Crippen LogP contribution in [-0.4, -0.2) is 15.7 Å². The smallest absolute Gasteiger partial charge is 0.128 e. The van der Waals surface area contributed by atoms with E-state index in [-0.39, 0.29) is 5.41 Å². The lowest BCUT2D eigenvalue weighted by molar-refractivity contribution is 0.596. The Morgan fingerprint density at radius 1 is 0.933 bits per heavy atom. The second-order valence-electron chi connectivity index (χ2n) is 9.02. The van der Waals surface area contributed by atoms with Gasteiger partial charge in [0.15, 0.2) is 0 Å². The zero-order valence-electron chi connectivity index (χ0n) is 17.3. The largest absolute Gasteiger partial charge is 0.236 e. The minimum Gasteiger partial charge on any atom is -0.236 e. The maximum absolute atomic E-state index is 4.84. The molecule has 0 aliphatic carbocycles. The van der Waals surface area contributed by atoms with Crippen molar-refractivity contribution in [3.63, 3.8) is 0 Å². The van der Waals surface area contributed by atoms with Gasteiger partial charge in [0.2, 0.25) is 0 Å². The van der Waals surface area contributed by atoms with E-state index >= 15 is 0 Å². The van der Waals surface area contributed by atoms with E-state index in [0.717, 1.165) is 16.9 Å². The zero-order valence-corrected chi connectivity index (χ0v) is 19.0. The molecule has 0 atom stereocenters. The predicted molar refractivity (Wildman–Crippen MR) is 131 cm³/mol. The summed E-state index contributed by atoms with van der Waals surface area (Å²) in [5.74, 6) is 1.17. The van der Waals surface area contributed by atoms with Crippen LogP contribution in [0, 0.1) is 0 Å². The molecular weight excluding hydrogens is 404 g/mol. The first-order valence-electron chi connectivity index (χ1n) is 10.4. The average Bonchev–Trinajstić information content (AvgIpc) is 3.35. The van der Waals surface area contributed by atoms with Crippen LogP contribution in [0.1, 0.15) is 31.9 Å². The van der Waals surface area contributed by atoms with E-state index in [1.54, 1.807) is 17.7 Å². The maximum atomic E-state index is 4.84. The molecule has 0 spiro atoms. The quantitative estimate of drug-likeness (QED) is 0.276. The highest BCUT2D eigenvalue weighted by molar-refractivity contribution is 7.99. The fourth-order valence-corrected chi connectivity index (χ4v) is 6.97. The Morgan fingerprint density at radius 2 is 1.80 bits per heavy atom. The zero-order chi connectivity index (χ0) is 20.5. The Hall–Kier alpha value is -2.43. The van der Waals surface area contributed by atoms with Crippen LogP contribution in [-0.2, 0) is 11.8 Å². The Bertz CT molecular complexity index is 1460. The van der Waals surface area contributed by atoms with Gasteiger partial charge in [-0.3, -0.25) is 0 Å². The van der Waals surface area contributed by atoms with Crippen LogP contribution in [0.3, 0.4) is 0 Å². The third-order valence-electron chi connectivity index (χ3n) is 6.03. The number of benzene rings is 3. The minimum atomic E-state index is 0.0512. The normalized spacial score (nSPS) is 14.1. The Morgan fingerprint density at radius 3 is 2.67 bits per heavy atom. The van der Waals surface area contributed by atoms with Gasteiger partial charge >= 0.3 is 0 Å². The topological polar surface area (TPSA) is 25.8 Å². The fourth-order valence-electron chi connectivity index (χ4n) is 4.62. The number of hydrogen-bond donors (Lipinski definition) is 0. The van der Waals surface area contributed by atoms with Crippen LogP contribution in [0.5, 0.6) is 0 Å². The number of fused-ring (bicyclic) bond motifs is 6. The molecule has 0 saturated heterocycles. The SMILES string of the molecule is CC(C)(C)c1cc(-c2ncnc3sc4ccc5c(c4c23)SCC5)cc2ccccc12. The molecule has 4 heteroatoms. The predicted octanol–water partition coefficient (Wildman–Crippen LogP) is 7.61. The molecule has 2 nitrogen and oxygen atoms in total. The molecule has 1 aliphatic rings. The van der Waals surface area contributed by atoms with Crippen LogP contribution in [0.25, 0.3) is 42.3 Å². The molecule has 5 aromatic rings. The maximum Gasteiger partial charge on any atom is 0.128 e. The van der Waals surface area contributed by atoms with Gasteiger partial charge in [-0.2, -0.15) is 0 Å². The molecule has 6 rings (SSSR count). The van der Waals surface area contributed by atoms with Gasteiger partial charge in [0, 0.05) is 31.7 Å². The summed E-state index contributed by atoms with van der Waals surface area (Å²) < 4.78 is 1.32. The van der Waals surface area contributed by atoms with Crippen molar-refractivity contribution < 1.29 is 0 Å². The lowest BCUT2D eigenvalue weighted by Gasteiger charge is -2.23. The van der Waals surface area contributed by atoms with Crippen LogP contribution in [0.15, 0.2) is 59.8 Å². The van der Waals surface area contributed by atoms with Crippen molar-refractivity contribution in [1.29, 1.82) is 0 Å². The highest BCUT2D eigenvalue weighted by Gasteiger charge is 2.23. The highest BCUT2D eigenvalue weighted by atomic mass is 32.2. The van der Waals surface area contributed by atoms with Crippen molar-refractivity contribution >= 4 is 54.2 Å². The monoisotopic (exact) mass is 426 g/mol. The molecule has 0 amide bonds. The van der Waals surface area contributed by atoms with Crippen LogP contribution >= 0.6 is 23.1 Å². The molecule has 30 heavy (non-hydrogen) atoms. The highest BCUT2D eigenvalue weighted by Crippen LogP contribution is 2.46. The fraction of sp³-hybridized carbons (Fsp3) is 0.231. The molecule has 1 aliphatic heterocycles. The van der Waals surface area contributed by atoms with Gasteiger partial charge in [-0.15, -0.1) is 23.1 Å². The average molecular weight is 427 g/mol. The second-order valence-corrected chi connectivity index (χ2v) is 11.2. The van der Waals surface area contributed by atoms with Gasteiger partial charge in [-0.1, -0.05) is 51.1 Å². The van der Waals surface area contributed by atoms with Gasteiger partial charge in [-0.05, 0) is 51.9 Å². The molecule has 0 bridgehead atoms. The number of thioether (sulfide) groups is 1. The van der Waals surface area contributed by atoms with Gasteiger partial charge in [-0.25, -0.2) is 9.97 Å². The summed E-state index contributed by atoms with van der Waals surface area (Å²) in [6, 6.07) is 17.9. The van der Waals surface area contributed by atoms with Crippen molar-refractivity contribution in [2.24, 2.45) is 0 Å². The van der Waals surface area contributed by atoms with Gasteiger partial charge < -0.3 is 0 Å². The molecule has 0 saturated carbocycles. The van der Waals surface area contributed by atoms with Crippen molar-refractivity contribution in [3.8, 4) is 11.3 Å². The summed E-state index contributed by atoms with van der Waals surface area (Å²) in [5.41, 5.74) is 5.13. The molecule has 3 heterocycles. The van der Waals surface area contributed by atoms with Gasteiger partial charge in [0.25, 0.3) is 0 Å². The summed E-state index contributed by atoms with van der Waals surface area (Å²) in [7, 11) is 0. The van der Waals surface area contributed by atoms with E-state index in [1.165, 1.54) is 53.6 Å². The summed E-state index contributed by atoms with van der Waals surface area (Å²) in [5, 5.41) is 5.17. The van der Waals surface area contributed by atoms with E-state index in [0.29, 0.717) is 0 Å². The number of rotatable bonds is 1. The van der Waals surface area contributed by atoms with Crippen molar-refractivity contribution in [2.75, 3.05) is 5.75 Å². The second kappa shape index (κ2) is 6.53. The van der Waals surface area contributed by atoms with Crippen LogP contribution in [0.2, 0.25) is 0 Å². The number of aromatic nitrogens is 2. The van der Waals surface area contributed by atoms with Crippen molar-refractivity contribution in [1.82, 2.24) is 9.97 Å². The van der Waals surface area contributed by atoms with Crippen molar-refractivity contribution in [2.45, 2.75) is 37.5 Å². The summed E-state index contributed by atoms with van der Waals surface area (Å²) in [4.78, 5) is 12.0. The van der Waals surface area contributed by atoms with E-state index in [9.17, 15) is 0 Å². The molecule has 0 N–H and O–H groups in total. The third kappa shape index (κ3) is 2.70. The third-order valence-corrected chi connectivity index (χ3v) is 8.26. The van der Waals surface area contributed by atoms with E-state index < -0.39 is 0 Å². The summed E-state index contributed by atoms with van der Waals surface area (Å²) >= 11 is 3.77. The summed E-state index contributed by atoms with van der Waals surface area (Å²) in [6.45, 7) is 6.87. The summed E-state index contributed by atoms with van der Waals surface area (Å²) in [6.07, 6.45) is 2.88. The van der Waals surface area contributed by atoms with Crippen LogP contribution in [0.4, 0.5) is 0 Å². The molecule has 0 fully saturated rings. The molecular formula is C26H22N2S2. The van der Waals surface area contributed by atoms with Crippen LogP contribution < -0.4 is 0 Å². The molecule has 2 aromatic heterocycles. The van der Waals surface area contributed by atoms with Crippen molar-refractivity contribution in [3.05, 3.63) is 66.0 Å².